The molecule has 0 atom stereocenters. The number of carbonyl (C=O) groups excluding carboxylic acids is 3. The summed E-state index contributed by atoms with van der Waals surface area (Å²) < 4.78 is 21.2. The summed E-state index contributed by atoms with van der Waals surface area (Å²) in [5, 5.41) is 3.39. The fourth-order valence-electron chi connectivity index (χ4n) is 3.41. The first-order valence-electron chi connectivity index (χ1n) is 10.6. The van der Waals surface area contributed by atoms with Gasteiger partial charge in [-0.25, -0.2) is 9.59 Å². The second-order valence-corrected chi connectivity index (χ2v) is 8.42. The van der Waals surface area contributed by atoms with Crippen molar-refractivity contribution in [3.8, 4) is 11.5 Å². The van der Waals surface area contributed by atoms with Crippen LogP contribution >= 0.6 is 23.2 Å². The zero-order valence-electron chi connectivity index (χ0n) is 19.2. The van der Waals surface area contributed by atoms with E-state index < -0.39 is 17.9 Å². The third-order valence-electron chi connectivity index (χ3n) is 5.22. The Bertz CT molecular complexity index is 1370. The normalized spacial score (nSPS) is 14.2. The van der Waals surface area contributed by atoms with Crippen molar-refractivity contribution in [2.75, 3.05) is 14.2 Å². The van der Waals surface area contributed by atoms with E-state index in [1.807, 2.05) is 0 Å². The number of rotatable bonds is 8. The van der Waals surface area contributed by atoms with Crippen molar-refractivity contribution in [3.63, 3.8) is 0 Å². The molecule has 1 aliphatic rings. The lowest BCUT2D eigenvalue weighted by Crippen LogP contribution is -2.30. The van der Waals surface area contributed by atoms with Gasteiger partial charge in [0.2, 0.25) is 5.76 Å². The second-order valence-electron chi connectivity index (χ2n) is 7.57. The fourth-order valence-corrected chi connectivity index (χ4v) is 3.88. The summed E-state index contributed by atoms with van der Waals surface area (Å²) in [6, 6.07) is 12.4. The van der Waals surface area contributed by atoms with Crippen LogP contribution in [0, 0.1) is 0 Å². The summed E-state index contributed by atoms with van der Waals surface area (Å²) in [6.45, 7) is 0.0448. The first-order valence-corrected chi connectivity index (χ1v) is 11.3. The van der Waals surface area contributed by atoms with Crippen LogP contribution in [0.25, 0.3) is 6.08 Å². The Morgan fingerprint density at radius 2 is 1.86 bits per heavy atom. The number of methoxy groups -OCH3 is 2. The Kier molecular flexibility index (Phi) is 7.52. The van der Waals surface area contributed by atoms with Crippen LogP contribution in [0.3, 0.4) is 0 Å². The third-order valence-corrected chi connectivity index (χ3v) is 5.81. The molecule has 4 rings (SSSR count). The largest absolute Gasteiger partial charge is 0.493 e. The number of esters is 1. The van der Waals surface area contributed by atoms with Crippen LogP contribution in [0.15, 0.2) is 58.6 Å². The number of nitrogens with one attached hydrogen (secondary N) is 1. The molecule has 1 aliphatic heterocycles. The van der Waals surface area contributed by atoms with E-state index in [0.717, 1.165) is 4.90 Å². The molecule has 0 bridgehead atoms. The summed E-state index contributed by atoms with van der Waals surface area (Å²) in [5.74, 6) is 0.218. The molecule has 1 N–H and O–H groups in total. The van der Waals surface area contributed by atoms with E-state index in [-0.39, 0.29) is 24.6 Å². The molecule has 186 valence electrons. The summed E-state index contributed by atoms with van der Waals surface area (Å²) in [4.78, 5) is 37.9. The Hall–Kier alpha value is -3.95. The summed E-state index contributed by atoms with van der Waals surface area (Å²) in [6.07, 6.45) is 1.53. The smallest absolute Gasteiger partial charge is 0.373 e. The van der Waals surface area contributed by atoms with Gasteiger partial charge >= 0.3 is 12.0 Å². The first kappa shape index (κ1) is 25.2. The highest BCUT2D eigenvalue weighted by Gasteiger charge is 2.34. The molecule has 11 heteroatoms. The van der Waals surface area contributed by atoms with Crippen LogP contribution in [0.4, 0.5) is 4.79 Å². The number of hydrogen-bond acceptors (Lipinski definition) is 7. The third kappa shape index (κ3) is 5.48. The van der Waals surface area contributed by atoms with Crippen molar-refractivity contribution in [2.45, 2.75) is 13.2 Å². The van der Waals surface area contributed by atoms with E-state index in [1.165, 1.54) is 26.4 Å². The number of halogens is 2. The number of carbonyl (C=O) groups is 3. The van der Waals surface area contributed by atoms with E-state index in [1.54, 1.807) is 42.5 Å². The topological polar surface area (TPSA) is 107 Å². The molecule has 2 heterocycles. The van der Waals surface area contributed by atoms with E-state index >= 15 is 0 Å². The number of hydrogen-bond donors (Lipinski definition) is 1. The van der Waals surface area contributed by atoms with Crippen molar-refractivity contribution >= 4 is 47.2 Å². The molecule has 0 unspecified atom stereocenters. The highest BCUT2D eigenvalue weighted by molar-refractivity contribution is 6.35. The predicted octanol–water partition coefficient (Wildman–Crippen LogP) is 5.05. The first-order chi connectivity index (χ1) is 17.3. The maximum absolute atomic E-state index is 12.9. The van der Waals surface area contributed by atoms with Gasteiger partial charge in [0.25, 0.3) is 5.91 Å². The molecule has 36 heavy (non-hydrogen) atoms. The molecule has 2 aromatic carbocycles. The van der Waals surface area contributed by atoms with Gasteiger partial charge in [-0.15, -0.1) is 0 Å². The molecule has 1 saturated heterocycles. The van der Waals surface area contributed by atoms with Crippen molar-refractivity contribution in [1.29, 1.82) is 0 Å². The molecule has 3 amide bonds. The Morgan fingerprint density at radius 1 is 1.06 bits per heavy atom. The fraction of sp³-hybridized carbons (Fsp3) is 0.160. The zero-order chi connectivity index (χ0) is 25.8. The summed E-state index contributed by atoms with van der Waals surface area (Å²) >= 11 is 12.1. The molecule has 3 aromatic rings. The number of imide groups is 1. The average Bonchev–Trinajstić information content (AvgIpc) is 3.44. The maximum atomic E-state index is 12.9. The molecule has 0 spiro atoms. The maximum Gasteiger partial charge on any atom is 0.373 e. The number of amides is 3. The van der Waals surface area contributed by atoms with Crippen LogP contribution in [0.5, 0.6) is 11.5 Å². The quantitative estimate of drug-likeness (QED) is 0.246. The van der Waals surface area contributed by atoms with Gasteiger partial charge in [-0.2, -0.15) is 0 Å². The lowest BCUT2D eigenvalue weighted by molar-refractivity contribution is -0.123. The van der Waals surface area contributed by atoms with Gasteiger partial charge < -0.3 is 23.9 Å². The van der Waals surface area contributed by atoms with Crippen molar-refractivity contribution in [3.05, 3.63) is 86.9 Å². The number of benzene rings is 2. The van der Waals surface area contributed by atoms with Gasteiger partial charge in [-0.1, -0.05) is 35.3 Å². The van der Waals surface area contributed by atoms with Crippen LogP contribution in [0.2, 0.25) is 10.0 Å². The van der Waals surface area contributed by atoms with Crippen LogP contribution in [-0.2, 0) is 22.7 Å². The van der Waals surface area contributed by atoms with Crippen molar-refractivity contribution < 1.29 is 33.0 Å². The van der Waals surface area contributed by atoms with Crippen molar-refractivity contribution in [1.82, 2.24) is 10.2 Å². The van der Waals surface area contributed by atoms with Gasteiger partial charge in [-0.3, -0.25) is 9.69 Å². The highest BCUT2D eigenvalue weighted by atomic mass is 35.5. The van der Waals surface area contributed by atoms with E-state index in [2.05, 4.69) is 10.1 Å². The van der Waals surface area contributed by atoms with Gasteiger partial charge in [0, 0.05) is 10.0 Å². The van der Waals surface area contributed by atoms with Crippen LogP contribution in [-0.4, -0.2) is 37.0 Å². The van der Waals surface area contributed by atoms with Crippen molar-refractivity contribution in [2.24, 2.45) is 0 Å². The highest BCUT2D eigenvalue weighted by Crippen LogP contribution is 2.31. The van der Waals surface area contributed by atoms with E-state index in [4.69, 9.17) is 37.1 Å². The zero-order valence-corrected chi connectivity index (χ0v) is 20.7. The minimum absolute atomic E-state index is 0.00141. The van der Waals surface area contributed by atoms with E-state index in [9.17, 15) is 14.4 Å². The molecule has 0 radical (unpaired) electrons. The summed E-state index contributed by atoms with van der Waals surface area (Å²) in [7, 11) is 2.74. The standard InChI is InChI=1S/C25H20Cl2N2O7/c1-33-22-10-14(3-7-20(22)35-13-17-6-8-21(36-17)24(31)34-2)9-19-23(30)29(25(32)28-19)12-15-4-5-16(26)11-18(15)27/h3-11H,12-13H2,1-2H3,(H,28,32). The van der Waals surface area contributed by atoms with Gasteiger partial charge in [0.15, 0.2) is 11.5 Å². The lowest BCUT2D eigenvalue weighted by Gasteiger charge is -2.13. The molecule has 1 aromatic heterocycles. The minimum atomic E-state index is -0.584. The monoisotopic (exact) mass is 530 g/mol. The van der Waals surface area contributed by atoms with Gasteiger partial charge in [-0.05, 0) is 53.6 Å². The molecule has 0 saturated carbocycles. The minimum Gasteiger partial charge on any atom is -0.493 e. The molecule has 0 aliphatic carbocycles. The second kappa shape index (κ2) is 10.8. The van der Waals surface area contributed by atoms with Gasteiger partial charge in [0.05, 0.1) is 20.8 Å². The lowest BCUT2D eigenvalue weighted by atomic mass is 10.1. The molecular weight excluding hydrogens is 511 g/mol. The van der Waals surface area contributed by atoms with E-state index in [0.29, 0.717) is 38.4 Å². The SMILES string of the molecule is COC(=O)c1ccc(COc2ccc(C=C3NC(=O)N(Cc4ccc(Cl)cc4Cl)C3=O)cc2OC)o1. The van der Waals surface area contributed by atoms with Crippen LogP contribution < -0.4 is 14.8 Å². The van der Waals surface area contributed by atoms with Crippen LogP contribution in [0.1, 0.15) is 27.4 Å². The number of nitrogens with zero attached hydrogens (tertiary/aromatic N) is 1. The Balaban J connectivity index is 1.46. The summed E-state index contributed by atoms with van der Waals surface area (Å²) in [5.41, 5.74) is 1.29. The predicted molar refractivity (Wildman–Crippen MR) is 131 cm³/mol. The number of furan rings is 1. The molecule has 9 nitrogen and oxygen atoms in total. The molecular formula is C25H20Cl2N2O7. The average molecular weight is 531 g/mol. The number of urea groups is 1. The Morgan fingerprint density at radius 3 is 2.58 bits per heavy atom. The molecule has 1 fully saturated rings. The van der Waals surface area contributed by atoms with Gasteiger partial charge in [0.1, 0.15) is 18.1 Å². The Labute approximate surface area is 216 Å². The number of ether oxygens (including phenoxy) is 3.